The van der Waals surface area contributed by atoms with Crippen LogP contribution in [-0.4, -0.2) is 16.0 Å². The topological polar surface area (TPSA) is 66.1 Å². The number of hydrazine groups is 1. The van der Waals surface area contributed by atoms with Gasteiger partial charge >= 0.3 is 0 Å². The Kier molecular flexibility index (Phi) is 4.62. The lowest BCUT2D eigenvalue weighted by atomic mass is 10.2. The number of nitrogens with one attached hydrogen (secondary N) is 3. The van der Waals surface area contributed by atoms with E-state index in [0.717, 1.165) is 10.9 Å². The molecule has 1 amide bonds. The SMILES string of the molecule is O=C(NNC(=S)Nc1ccc(F)cc1)c1ccc2ccccc2n1. The van der Waals surface area contributed by atoms with E-state index >= 15 is 0 Å². The molecule has 0 saturated carbocycles. The van der Waals surface area contributed by atoms with Crippen LogP contribution in [0.3, 0.4) is 0 Å². The number of anilines is 1. The lowest BCUT2D eigenvalue weighted by Gasteiger charge is -2.11. The summed E-state index contributed by atoms with van der Waals surface area (Å²) in [7, 11) is 0. The van der Waals surface area contributed by atoms with Gasteiger partial charge in [0.25, 0.3) is 5.91 Å². The van der Waals surface area contributed by atoms with Gasteiger partial charge in [-0.25, -0.2) is 9.37 Å². The fourth-order valence-electron chi connectivity index (χ4n) is 2.07. The molecule has 5 nitrogen and oxygen atoms in total. The van der Waals surface area contributed by atoms with Crippen LogP contribution in [0.4, 0.5) is 10.1 Å². The maximum Gasteiger partial charge on any atom is 0.288 e. The van der Waals surface area contributed by atoms with Gasteiger partial charge < -0.3 is 5.32 Å². The second kappa shape index (κ2) is 7.01. The van der Waals surface area contributed by atoms with Crippen LogP contribution in [0.15, 0.2) is 60.7 Å². The number of rotatable bonds is 2. The Morgan fingerprint density at radius 2 is 1.71 bits per heavy atom. The zero-order valence-electron chi connectivity index (χ0n) is 12.4. The normalized spacial score (nSPS) is 10.2. The monoisotopic (exact) mass is 340 g/mol. The van der Waals surface area contributed by atoms with Crippen molar-refractivity contribution in [2.75, 3.05) is 5.32 Å². The van der Waals surface area contributed by atoms with Crippen molar-refractivity contribution < 1.29 is 9.18 Å². The molecule has 2 aromatic carbocycles. The van der Waals surface area contributed by atoms with Gasteiger partial charge in [0, 0.05) is 11.1 Å². The predicted molar refractivity (Wildman–Crippen MR) is 95.0 cm³/mol. The van der Waals surface area contributed by atoms with Crippen molar-refractivity contribution in [2.24, 2.45) is 0 Å². The van der Waals surface area contributed by atoms with E-state index in [-0.39, 0.29) is 16.6 Å². The summed E-state index contributed by atoms with van der Waals surface area (Å²) >= 11 is 5.06. The second-order valence-corrected chi connectivity index (χ2v) is 5.34. The van der Waals surface area contributed by atoms with Crippen LogP contribution in [-0.2, 0) is 0 Å². The standard InChI is InChI=1S/C17H13FN4OS/c18-12-6-8-13(9-7-12)19-17(24)22-21-16(23)15-10-5-11-3-1-2-4-14(11)20-15/h1-10H,(H,21,23)(H2,19,22,24). The summed E-state index contributed by atoms with van der Waals surface area (Å²) in [5.41, 5.74) is 6.65. The third-order valence-electron chi connectivity index (χ3n) is 3.22. The van der Waals surface area contributed by atoms with E-state index in [4.69, 9.17) is 12.2 Å². The highest BCUT2D eigenvalue weighted by Crippen LogP contribution is 2.11. The molecule has 7 heteroatoms. The summed E-state index contributed by atoms with van der Waals surface area (Å²) in [5, 5.41) is 3.95. The van der Waals surface area contributed by atoms with Crippen LogP contribution in [0.1, 0.15) is 10.5 Å². The largest absolute Gasteiger partial charge is 0.331 e. The number of aromatic nitrogens is 1. The van der Waals surface area contributed by atoms with Crippen LogP contribution in [0.2, 0.25) is 0 Å². The summed E-state index contributed by atoms with van der Waals surface area (Å²) in [6, 6.07) is 16.7. The smallest absolute Gasteiger partial charge is 0.288 e. The van der Waals surface area contributed by atoms with Gasteiger partial charge in [0.2, 0.25) is 0 Å². The number of hydrogen-bond donors (Lipinski definition) is 3. The second-order valence-electron chi connectivity index (χ2n) is 4.93. The molecule has 0 atom stereocenters. The molecule has 1 aromatic heterocycles. The zero-order chi connectivity index (χ0) is 16.9. The highest BCUT2D eigenvalue weighted by molar-refractivity contribution is 7.80. The number of benzene rings is 2. The van der Waals surface area contributed by atoms with Crippen molar-refractivity contribution in [1.29, 1.82) is 0 Å². The Hall–Kier alpha value is -3.06. The van der Waals surface area contributed by atoms with Crippen molar-refractivity contribution >= 4 is 39.8 Å². The van der Waals surface area contributed by atoms with Gasteiger partial charge in [0.05, 0.1) is 5.52 Å². The maximum atomic E-state index is 12.8. The fraction of sp³-hybridized carbons (Fsp3) is 0. The van der Waals surface area contributed by atoms with Gasteiger partial charge in [-0.05, 0) is 48.6 Å². The zero-order valence-corrected chi connectivity index (χ0v) is 13.2. The third-order valence-corrected chi connectivity index (χ3v) is 3.43. The molecular formula is C17H13FN4OS. The van der Waals surface area contributed by atoms with Crippen LogP contribution in [0.5, 0.6) is 0 Å². The number of hydrogen-bond acceptors (Lipinski definition) is 3. The number of nitrogens with zero attached hydrogens (tertiary/aromatic N) is 1. The number of pyridine rings is 1. The number of para-hydroxylation sites is 1. The summed E-state index contributed by atoms with van der Waals surface area (Å²) in [5.74, 6) is -0.751. The lowest BCUT2D eigenvalue weighted by molar-refractivity contribution is 0.0939. The van der Waals surface area contributed by atoms with E-state index in [0.29, 0.717) is 5.69 Å². The molecule has 120 valence electrons. The van der Waals surface area contributed by atoms with Crippen molar-refractivity contribution in [2.45, 2.75) is 0 Å². The molecule has 3 aromatic rings. The van der Waals surface area contributed by atoms with Gasteiger partial charge in [0.15, 0.2) is 5.11 Å². The van der Waals surface area contributed by atoms with Crippen molar-refractivity contribution in [3.63, 3.8) is 0 Å². The Balaban J connectivity index is 1.59. The third kappa shape index (κ3) is 3.82. The van der Waals surface area contributed by atoms with Crippen LogP contribution in [0, 0.1) is 5.82 Å². The Morgan fingerprint density at radius 3 is 2.50 bits per heavy atom. The average molecular weight is 340 g/mol. The Morgan fingerprint density at radius 1 is 0.958 bits per heavy atom. The fourth-order valence-corrected chi connectivity index (χ4v) is 2.23. The number of thiocarbonyl (C=S) groups is 1. The minimum Gasteiger partial charge on any atom is -0.331 e. The van der Waals surface area contributed by atoms with Gasteiger partial charge in [-0.15, -0.1) is 0 Å². The minimum absolute atomic E-state index is 0.177. The summed E-state index contributed by atoms with van der Waals surface area (Å²) in [6.07, 6.45) is 0. The summed E-state index contributed by atoms with van der Waals surface area (Å²) in [6.45, 7) is 0. The predicted octanol–water partition coefficient (Wildman–Crippen LogP) is 3.01. The molecule has 0 spiro atoms. The maximum absolute atomic E-state index is 12.8. The minimum atomic E-state index is -0.413. The van der Waals surface area contributed by atoms with E-state index in [2.05, 4.69) is 21.2 Å². The van der Waals surface area contributed by atoms with E-state index in [1.54, 1.807) is 6.07 Å². The van der Waals surface area contributed by atoms with E-state index in [1.807, 2.05) is 30.3 Å². The van der Waals surface area contributed by atoms with Crippen molar-refractivity contribution in [3.8, 4) is 0 Å². The molecule has 3 rings (SSSR count). The van der Waals surface area contributed by atoms with Gasteiger partial charge in [-0.3, -0.25) is 15.6 Å². The molecular weight excluding hydrogens is 327 g/mol. The first-order valence-electron chi connectivity index (χ1n) is 7.10. The Bertz CT molecular complexity index is 898. The van der Waals surface area contributed by atoms with E-state index in [1.165, 1.54) is 24.3 Å². The van der Waals surface area contributed by atoms with Crippen LogP contribution in [0.25, 0.3) is 10.9 Å². The molecule has 0 aliphatic carbocycles. The molecule has 0 saturated heterocycles. The molecule has 3 N–H and O–H groups in total. The van der Waals surface area contributed by atoms with E-state index in [9.17, 15) is 9.18 Å². The molecule has 0 radical (unpaired) electrons. The van der Waals surface area contributed by atoms with Gasteiger partial charge in [-0.2, -0.15) is 0 Å². The molecule has 0 unspecified atom stereocenters. The first kappa shape index (κ1) is 15.8. The van der Waals surface area contributed by atoms with E-state index < -0.39 is 5.91 Å². The summed E-state index contributed by atoms with van der Waals surface area (Å²) < 4.78 is 12.8. The van der Waals surface area contributed by atoms with Crippen molar-refractivity contribution in [3.05, 3.63) is 72.2 Å². The number of halogens is 1. The highest BCUT2D eigenvalue weighted by Gasteiger charge is 2.08. The lowest BCUT2D eigenvalue weighted by Crippen LogP contribution is -2.44. The molecule has 1 heterocycles. The number of carbonyl (C=O) groups excluding carboxylic acids is 1. The number of amides is 1. The quantitative estimate of drug-likeness (QED) is 0.494. The first-order chi connectivity index (χ1) is 11.6. The van der Waals surface area contributed by atoms with Gasteiger partial charge in [-0.1, -0.05) is 24.3 Å². The molecule has 0 fully saturated rings. The molecule has 0 aliphatic heterocycles. The Labute approximate surface area is 142 Å². The molecule has 0 bridgehead atoms. The summed E-state index contributed by atoms with van der Waals surface area (Å²) in [4.78, 5) is 16.4. The number of fused-ring (bicyclic) bond motifs is 1. The van der Waals surface area contributed by atoms with Crippen molar-refractivity contribution in [1.82, 2.24) is 15.8 Å². The highest BCUT2D eigenvalue weighted by atomic mass is 32.1. The first-order valence-corrected chi connectivity index (χ1v) is 7.51. The van der Waals surface area contributed by atoms with Gasteiger partial charge in [0.1, 0.15) is 11.5 Å². The average Bonchev–Trinajstić information content (AvgIpc) is 2.61. The van der Waals surface area contributed by atoms with Crippen LogP contribution < -0.4 is 16.2 Å². The number of carbonyl (C=O) groups is 1. The van der Waals surface area contributed by atoms with Crippen LogP contribution >= 0.6 is 12.2 Å². The molecule has 0 aliphatic rings. The molecule has 24 heavy (non-hydrogen) atoms.